The third-order valence-corrected chi connectivity index (χ3v) is 66.4. The van der Waals surface area contributed by atoms with Crippen molar-refractivity contribution in [1.29, 1.82) is 0 Å². The zero-order valence-electron chi connectivity index (χ0n) is 7.98. The summed E-state index contributed by atoms with van der Waals surface area (Å²) in [5.74, 6) is 0. The maximum atomic E-state index is 6.55. The molecule has 0 radical (unpaired) electrons. The number of halogens is 4. The fraction of sp³-hybridized carbons (Fsp3) is 1.00. The summed E-state index contributed by atoms with van der Waals surface area (Å²) in [6.07, 6.45) is 0. The molecule has 0 saturated carbocycles. The van der Waals surface area contributed by atoms with E-state index in [2.05, 4.69) is 15.9 Å². The van der Waals surface area contributed by atoms with Gasteiger partial charge in [-0.15, -0.1) is 0 Å². The van der Waals surface area contributed by atoms with Gasteiger partial charge in [-0.2, -0.15) is 0 Å². The van der Waals surface area contributed by atoms with Crippen LogP contribution in [-0.2, 0) is 6.51 Å². The second-order valence-electron chi connectivity index (χ2n) is 10.2. The summed E-state index contributed by atoms with van der Waals surface area (Å²) in [6.45, 7) is -3.33. The van der Waals surface area contributed by atoms with Crippen LogP contribution in [0.5, 0.6) is 0 Å². The Labute approximate surface area is 106 Å². The molecule has 1 spiro atoms. The zero-order valence-corrected chi connectivity index (χ0v) is 12.9. The van der Waals surface area contributed by atoms with E-state index in [4.69, 9.17) is 34.8 Å². The summed E-state index contributed by atoms with van der Waals surface area (Å²) in [6, 6.07) is 0. The van der Waals surface area contributed by atoms with Crippen molar-refractivity contribution < 1.29 is 6.51 Å². The molecule has 8 atom stereocenters. The standard InChI is InChI=1S/C6H4Cl3.C5H4Br.Fe/c7-6(8,9)5-3-1-2-4-5;6-5-3-1-2-4-5;/h1-4H;1-4H;. The summed E-state index contributed by atoms with van der Waals surface area (Å²) < 4.78 is 0.115. The molecule has 0 aromatic rings. The zero-order chi connectivity index (χ0) is 10.4. The summed E-state index contributed by atoms with van der Waals surface area (Å²) in [4.78, 5) is 9.09. The Bertz CT molecular complexity index is 1000. The maximum absolute atomic E-state index is 6.55. The van der Waals surface area contributed by atoms with Crippen LogP contribution >= 0.6 is 50.7 Å². The first-order chi connectivity index (χ1) is 7.18. The van der Waals surface area contributed by atoms with Crippen LogP contribution in [0.15, 0.2) is 0 Å². The van der Waals surface area contributed by atoms with Gasteiger partial charge in [0.25, 0.3) is 0 Å². The fourth-order valence-electron chi connectivity index (χ4n) is 17.0. The van der Waals surface area contributed by atoms with Gasteiger partial charge in [0.05, 0.1) is 0 Å². The molecule has 88 valence electrons. The van der Waals surface area contributed by atoms with E-state index in [0.717, 1.165) is 19.3 Å². The van der Waals surface area contributed by atoms with Crippen molar-refractivity contribution in [2.75, 3.05) is 0 Å². The molecular weight excluding hydrogens is 374 g/mol. The predicted molar refractivity (Wildman–Crippen MR) is 64.6 cm³/mol. The minimum absolute atomic E-state index is 0.343. The molecule has 0 bridgehead atoms. The summed E-state index contributed by atoms with van der Waals surface area (Å²) in [5, 5.41) is 0. The Hall–Kier alpha value is 1.87. The normalized spacial score (nSPS) is 132. The molecule has 0 aliphatic carbocycles. The van der Waals surface area contributed by atoms with Crippen LogP contribution in [0.3, 0.4) is 0 Å². The van der Waals surface area contributed by atoms with Gasteiger partial charge in [0.2, 0.25) is 0 Å². The number of alkyl halides is 4. The third-order valence-electron chi connectivity index (χ3n) is 15.1. The van der Waals surface area contributed by atoms with Gasteiger partial charge >= 0.3 is 107 Å². The van der Waals surface area contributed by atoms with Crippen molar-refractivity contribution >= 4 is 50.7 Å². The molecule has 10 fully saturated rings. The van der Waals surface area contributed by atoms with Gasteiger partial charge in [-0.05, 0) is 0 Å². The molecule has 5 heteroatoms. The average molecular weight is 382 g/mol. The second-order valence-corrected chi connectivity index (χ2v) is 37.7. The Kier molecular flexibility index (Phi) is 0.237. The number of rotatable bonds is 0. The van der Waals surface area contributed by atoms with E-state index in [9.17, 15) is 0 Å². The van der Waals surface area contributed by atoms with Gasteiger partial charge in [-0.1, -0.05) is 0 Å². The van der Waals surface area contributed by atoms with Gasteiger partial charge < -0.3 is 0 Å². The van der Waals surface area contributed by atoms with Crippen molar-refractivity contribution in [3.63, 3.8) is 0 Å². The molecule has 0 N–H and O–H groups in total. The van der Waals surface area contributed by atoms with E-state index < -0.39 is 10.3 Å². The second kappa shape index (κ2) is 0.538. The molecule has 0 aromatic carbocycles. The van der Waals surface area contributed by atoms with E-state index in [1.165, 1.54) is 19.3 Å². The van der Waals surface area contributed by atoms with Crippen molar-refractivity contribution in [3.8, 4) is 0 Å². The number of hydrogen-bond acceptors (Lipinski definition) is 0. The molecular formula is C11H8BrCl3Fe. The van der Waals surface area contributed by atoms with E-state index >= 15 is 0 Å². The van der Waals surface area contributed by atoms with Crippen LogP contribution < -0.4 is 0 Å². The number of hydrogen-bond donors (Lipinski definition) is 0. The minimum atomic E-state index is -3.33. The summed E-state index contributed by atoms with van der Waals surface area (Å²) in [7, 11) is 0. The molecule has 10 aliphatic heterocycles. The van der Waals surface area contributed by atoms with Crippen molar-refractivity contribution in [2.45, 2.75) is 49.9 Å². The SMILES string of the molecule is ClC(Cl)(Cl)[C]12[CH]3[CH]4[CH]5[CH]1[Fe]45321678[CH]2[CH]1[CH]6[C]7(Br)[CH]28. The van der Waals surface area contributed by atoms with Crippen LogP contribution in [-0.4, -0.2) is 7.02 Å². The molecule has 10 saturated heterocycles. The van der Waals surface area contributed by atoms with Crippen molar-refractivity contribution in [3.05, 3.63) is 0 Å². The van der Waals surface area contributed by atoms with E-state index in [1.807, 2.05) is 0 Å². The fourth-order valence-corrected chi connectivity index (χ4v) is 110. The average Bonchev–Trinajstić information content (AvgIpc) is 3.08. The van der Waals surface area contributed by atoms with Gasteiger partial charge in [0.15, 0.2) is 0 Å². The summed E-state index contributed by atoms with van der Waals surface area (Å²) in [5.41, 5.74) is 0. The Morgan fingerprint density at radius 2 is 1.31 bits per heavy atom. The molecule has 10 aliphatic rings. The Morgan fingerprint density at radius 3 is 1.38 bits per heavy atom. The molecule has 0 aromatic heterocycles. The topological polar surface area (TPSA) is 0 Å². The molecule has 16 heavy (non-hydrogen) atoms. The van der Waals surface area contributed by atoms with Gasteiger partial charge in [-0.3, -0.25) is 0 Å². The molecule has 0 amide bonds. The van der Waals surface area contributed by atoms with Crippen LogP contribution in [0.1, 0.15) is 0 Å². The van der Waals surface area contributed by atoms with E-state index in [0.29, 0.717) is 7.54 Å². The third kappa shape index (κ3) is 0.0625. The van der Waals surface area contributed by atoms with E-state index in [-0.39, 0.29) is 0 Å². The van der Waals surface area contributed by atoms with Crippen LogP contribution in [0.2, 0.25) is 42.8 Å². The number of fused-ring (bicyclic) bond motifs is 10. The monoisotopic (exact) mass is 380 g/mol. The molecule has 8 unspecified atom stereocenters. The van der Waals surface area contributed by atoms with Gasteiger partial charge in [0, 0.05) is 0 Å². The first kappa shape index (κ1) is 7.04. The van der Waals surface area contributed by atoms with E-state index in [1.54, 1.807) is 0 Å². The molecule has 0 nitrogen and oxygen atoms in total. The Balaban J connectivity index is 1.82. The summed E-state index contributed by atoms with van der Waals surface area (Å²) >= 11 is 23.9. The van der Waals surface area contributed by atoms with Crippen LogP contribution in [0, 0.1) is 0 Å². The quantitative estimate of drug-likeness (QED) is 0.388. The first-order valence-electron chi connectivity index (χ1n) is 6.15. The predicted octanol–water partition coefficient (Wildman–Crippen LogP) is 5.42. The van der Waals surface area contributed by atoms with Crippen molar-refractivity contribution in [1.82, 2.24) is 0 Å². The molecule has 10 heterocycles. The van der Waals surface area contributed by atoms with Gasteiger partial charge in [0.1, 0.15) is 0 Å². The van der Waals surface area contributed by atoms with Crippen LogP contribution in [0.4, 0.5) is 0 Å². The Morgan fingerprint density at radius 1 is 0.875 bits per heavy atom. The van der Waals surface area contributed by atoms with Crippen LogP contribution in [0.25, 0.3) is 0 Å². The van der Waals surface area contributed by atoms with Gasteiger partial charge in [-0.25, -0.2) is 0 Å². The van der Waals surface area contributed by atoms with Crippen molar-refractivity contribution in [2.24, 2.45) is 0 Å². The molecule has 10 rings (SSSR count). The first-order valence-corrected chi connectivity index (χ1v) is 14.3.